The first-order valence-corrected chi connectivity index (χ1v) is 7.70. The van der Waals surface area contributed by atoms with E-state index in [0.29, 0.717) is 0 Å². The summed E-state index contributed by atoms with van der Waals surface area (Å²) in [5.74, 6) is -0.544. The SMILES string of the molecule is Cc1cccc(C)c1NC(=O)c1cccc(C(=O)NC2CC2)n1. The summed E-state index contributed by atoms with van der Waals surface area (Å²) in [6.07, 6.45) is 2.02. The second kappa shape index (κ2) is 6.20. The Morgan fingerprint density at radius 3 is 2.13 bits per heavy atom. The van der Waals surface area contributed by atoms with Crippen LogP contribution >= 0.6 is 0 Å². The van der Waals surface area contributed by atoms with Gasteiger partial charge in [-0.3, -0.25) is 9.59 Å². The molecule has 1 aromatic carbocycles. The van der Waals surface area contributed by atoms with Crippen LogP contribution in [0.5, 0.6) is 0 Å². The van der Waals surface area contributed by atoms with E-state index >= 15 is 0 Å². The minimum absolute atomic E-state index is 0.228. The fraction of sp³-hybridized carbons (Fsp3) is 0.278. The van der Waals surface area contributed by atoms with E-state index in [9.17, 15) is 9.59 Å². The third-order valence-corrected chi connectivity index (χ3v) is 3.85. The molecule has 118 valence electrons. The van der Waals surface area contributed by atoms with Gasteiger partial charge in [-0.05, 0) is 49.9 Å². The van der Waals surface area contributed by atoms with E-state index in [1.807, 2.05) is 32.0 Å². The standard InChI is InChI=1S/C18H19N3O2/c1-11-5-3-6-12(2)16(11)21-18(23)15-8-4-7-14(20-15)17(22)19-13-9-10-13/h3-8,13H,9-10H2,1-2H3,(H,19,22)(H,21,23). The maximum Gasteiger partial charge on any atom is 0.274 e. The maximum absolute atomic E-state index is 12.4. The molecule has 0 radical (unpaired) electrons. The average molecular weight is 309 g/mol. The number of nitrogens with zero attached hydrogens (tertiary/aromatic N) is 1. The molecule has 2 N–H and O–H groups in total. The summed E-state index contributed by atoms with van der Waals surface area (Å²) in [6, 6.07) is 11.0. The van der Waals surface area contributed by atoms with E-state index in [-0.39, 0.29) is 29.2 Å². The van der Waals surface area contributed by atoms with Crippen molar-refractivity contribution >= 4 is 17.5 Å². The Hall–Kier alpha value is -2.69. The van der Waals surface area contributed by atoms with E-state index in [4.69, 9.17) is 0 Å². The van der Waals surface area contributed by atoms with Gasteiger partial charge < -0.3 is 10.6 Å². The zero-order valence-electron chi connectivity index (χ0n) is 13.2. The van der Waals surface area contributed by atoms with Gasteiger partial charge in [-0.15, -0.1) is 0 Å². The summed E-state index contributed by atoms with van der Waals surface area (Å²) in [6.45, 7) is 3.88. The molecule has 1 aliphatic carbocycles. The van der Waals surface area contributed by atoms with Crippen LogP contribution in [0.15, 0.2) is 36.4 Å². The minimum atomic E-state index is -0.316. The summed E-state index contributed by atoms with van der Waals surface area (Å²) in [5.41, 5.74) is 3.26. The highest BCUT2D eigenvalue weighted by Crippen LogP contribution is 2.21. The number of para-hydroxylation sites is 1. The number of rotatable bonds is 4. The lowest BCUT2D eigenvalue weighted by atomic mass is 10.1. The van der Waals surface area contributed by atoms with E-state index in [1.165, 1.54) is 0 Å². The fourth-order valence-electron chi connectivity index (χ4n) is 2.36. The summed E-state index contributed by atoms with van der Waals surface area (Å²) < 4.78 is 0. The molecule has 2 aromatic rings. The van der Waals surface area contributed by atoms with Crippen molar-refractivity contribution < 1.29 is 9.59 Å². The van der Waals surface area contributed by atoms with Crippen LogP contribution in [-0.2, 0) is 0 Å². The van der Waals surface area contributed by atoms with Crippen molar-refractivity contribution in [3.63, 3.8) is 0 Å². The van der Waals surface area contributed by atoms with E-state index in [2.05, 4.69) is 15.6 Å². The van der Waals surface area contributed by atoms with Gasteiger partial charge in [0.05, 0.1) is 0 Å². The van der Waals surface area contributed by atoms with Crippen LogP contribution in [0, 0.1) is 13.8 Å². The number of amides is 2. The molecule has 0 aliphatic heterocycles. The zero-order valence-corrected chi connectivity index (χ0v) is 13.2. The molecular formula is C18H19N3O2. The van der Waals surface area contributed by atoms with Crippen LogP contribution in [0.3, 0.4) is 0 Å². The Morgan fingerprint density at radius 2 is 1.52 bits per heavy atom. The van der Waals surface area contributed by atoms with Gasteiger partial charge >= 0.3 is 0 Å². The van der Waals surface area contributed by atoms with Crippen LogP contribution in [0.25, 0.3) is 0 Å². The smallest absolute Gasteiger partial charge is 0.274 e. The number of nitrogens with one attached hydrogen (secondary N) is 2. The Morgan fingerprint density at radius 1 is 0.957 bits per heavy atom. The molecule has 0 unspecified atom stereocenters. The summed E-state index contributed by atoms with van der Waals surface area (Å²) in [5, 5.41) is 5.75. The van der Waals surface area contributed by atoms with Crippen LogP contribution < -0.4 is 10.6 Å². The molecule has 1 saturated carbocycles. The lowest BCUT2D eigenvalue weighted by molar-refractivity contribution is 0.0946. The Balaban J connectivity index is 1.78. The molecule has 0 bridgehead atoms. The van der Waals surface area contributed by atoms with Crippen LogP contribution in [-0.4, -0.2) is 22.8 Å². The van der Waals surface area contributed by atoms with Gasteiger partial charge in [0.2, 0.25) is 0 Å². The van der Waals surface area contributed by atoms with Crippen molar-refractivity contribution in [1.29, 1.82) is 0 Å². The average Bonchev–Trinajstić information content (AvgIpc) is 3.35. The second-order valence-corrected chi connectivity index (χ2v) is 5.88. The normalized spacial score (nSPS) is 13.5. The molecule has 1 heterocycles. The van der Waals surface area contributed by atoms with E-state index < -0.39 is 0 Å². The van der Waals surface area contributed by atoms with Crippen LogP contribution in [0.4, 0.5) is 5.69 Å². The molecule has 23 heavy (non-hydrogen) atoms. The largest absolute Gasteiger partial charge is 0.348 e. The zero-order chi connectivity index (χ0) is 16.4. The number of aryl methyl sites for hydroxylation is 2. The fourth-order valence-corrected chi connectivity index (χ4v) is 2.36. The van der Waals surface area contributed by atoms with Crippen LogP contribution in [0.2, 0.25) is 0 Å². The van der Waals surface area contributed by atoms with Crippen molar-refractivity contribution in [2.75, 3.05) is 5.32 Å². The predicted molar refractivity (Wildman–Crippen MR) is 88.6 cm³/mol. The molecule has 1 fully saturated rings. The third-order valence-electron chi connectivity index (χ3n) is 3.85. The van der Waals surface area contributed by atoms with Gasteiger partial charge in [0.15, 0.2) is 0 Å². The van der Waals surface area contributed by atoms with Crippen molar-refractivity contribution in [3.05, 3.63) is 58.9 Å². The first kappa shape index (κ1) is 15.2. The number of benzene rings is 1. The summed E-state index contributed by atoms with van der Waals surface area (Å²) in [7, 11) is 0. The molecular weight excluding hydrogens is 290 g/mol. The number of hydrogen-bond donors (Lipinski definition) is 2. The van der Waals surface area contributed by atoms with Crippen molar-refractivity contribution in [2.45, 2.75) is 32.7 Å². The Kier molecular flexibility index (Phi) is 4.10. The lowest BCUT2D eigenvalue weighted by Crippen LogP contribution is -2.27. The number of hydrogen-bond acceptors (Lipinski definition) is 3. The monoisotopic (exact) mass is 309 g/mol. The number of pyridine rings is 1. The minimum Gasteiger partial charge on any atom is -0.348 e. The molecule has 0 spiro atoms. The van der Waals surface area contributed by atoms with Crippen LogP contribution in [0.1, 0.15) is 44.9 Å². The summed E-state index contributed by atoms with van der Waals surface area (Å²) >= 11 is 0. The van der Waals surface area contributed by atoms with Gasteiger partial charge in [0, 0.05) is 11.7 Å². The summed E-state index contributed by atoms with van der Waals surface area (Å²) in [4.78, 5) is 28.6. The molecule has 3 rings (SSSR count). The molecule has 5 nitrogen and oxygen atoms in total. The molecule has 5 heteroatoms. The number of anilines is 1. The van der Waals surface area contributed by atoms with Crippen molar-refractivity contribution in [3.8, 4) is 0 Å². The van der Waals surface area contributed by atoms with Gasteiger partial charge in [0.25, 0.3) is 11.8 Å². The Labute approximate surface area is 135 Å². The Bertz CT molecular complexity index is 746. The number of carbonyl (C=O) groups excluding carboxylic acids is 2. The molecule has 0 saturated heterocycles. The highest BCUT2D eigenvalue weighted by atomic mass is 16.2. The van der Waals surface area contributed by atoms with E-state index in [1.54, 1.807) is 18.2 Å². The highest BCUT2D eigenvalue weighted by Gasteiger charge is 2.24. The lowest BCUT2D eigenvalue weighted by Gasteiger charge is -2.11. The first-order valence-electron chi connectivity index (χ1n) is 7.70. The van der Waals surface area contributed by atoms with Crippen molar-refractivity contribution in [2.24, 2.45) is 0 Å². The predicted octanol–water partition coefficient (Wildman–Crippen LogP) is 2.84. The topological polar surface area (TPSA) is 71.1 Å². The number of aromatic nitrogens is 1. The van der Waals surface area contributed by atoms with E-state index in [0.717, 1.165) is 29.7 Å². The molecule has 0 atom stereocenters. The van der Waals surface area contributed by atoms with Gasteiger partial charge in [-0.1, -0.05) is 24.3 Å². The van der Waals surface area contributed by atoms with Gasteiger partial charge in [-0.2, -0.15) is 0 Å². The molecule has 2 amide bonds. The third kappa shape index (κ3) is 3.56. The quantitative estimate of drug-likeness (QED) is 0.912. The number of carbonyl (C=O) groups is 2. The van der Waals surface area contributed by atoms with Gasteiger partial charge in [-0.25, -0.2) is 4.98 Å². The molecule has 1 aromatic heterocycles. The first-order chi connectivity index (χ1) is 11.0. The highest BCUT2D eigenvalue weighted by molar-refractivity contribution is 6.04. The molecule has 1 aliphatic rings. The van der Waals surface area contributed by atoms with Crippen molar-refractivity contribution in [1.82, 2.24) is 10.3 Å². The second-order valence-electron chi connectivity index (χ2n) is 5.88. The maximum atomic E-state index is 12.4. The van der Waals surface area contributed by atoms with Gasteiger partial charge in [0.1, 0.15) is 11.4 Å².